The Morgan fingerprint density at radius 2 is 1.79 bits per heavy atom. The van der Waals surface area contributed by atoms with E-state index < -0.39 is 31.9 Å². The van der Waals surface area contributed by atoms with E-state index in [9.17, 15) is 26.4 Å². The number of halogens is 3. The predicted octanol–water partition coefficient (Wildman–Crippen LogP) is 3.43. The van der Waals surface area contributed by atoms with Gasteiger partial charge in [-0.2, -0.15) is 13.2 Å². The average molecular weight is 420 g/mol. The molecule has 0 atom stereocenters. The van der Waals surface area contributed by atoms with Gasteiger partial charge in [0.05, 0.1) is 20.7 Å². The molecule has 3 N–H and O–H groups in total. The van der Waals surface area contributed by atoms with E-state index in [0.29, 0.717) is 18.9 Å². The summed E-state index contributed by atoms with van der Waals surface area (Å²) in [6.07, 6.45) is -0.616. The molecule has 28 heavy (non-hydrogen) atoms. The highest BCUT2D eigenvalue weighted by Crippen LogP contribution is 2.34. The van der Waals surface area contributed by atoms with Crippen molar-refractivity contribution in [3.05, 3.63) is 29.8 Å². The molecule has 1 aliphatic carbocycles. The van der Waals surface area contributed by atoms with Crippen LogP contribution >= 0.6 is 0 Å². The Hall–Kier alpha value is -1.61. The highest BCUT2D eigenvalue weighted by Gasteiger charge is 2.39. The van der Waals surface area contributed by atoms with Crippen molar-refractivity contribution in [1.29, 1.82) is 0 Å². The van der Waals surface area contributed by atoms with Crippen molar-refractivity contribution in [3.63, 3.8) is 0 Å². The molecule has 0 radical (unpaired) electrons. The second kappa shape index (κ2) is 8.02. The maximum atomic E-state index is 12.9. The molecule has 0 aromatic heterocycles. The van der Waals surface area contributed by atoms with Crippen LogP contribution in [0.1, 0.15) is 57.9 Å². The van der Waals surface area contributed by atoms with Gasteiger partial charge in [-0.3, -0.25) is 4.79 Å². The molecule has 1 aliphatic rings. The molecule has 158 valence electrons. The van der Waals surface area contributed by atoms with Gasteiger partial charge in [-0.05, 0) is 51.3 Å². The molecule has 9 heteroatoms. The van der Waals surface area contributed by atoms with Crippen LogP contribution in [0.4, 0.5) is 13.2 Å². The number of nitrogens with one attached hydrogen (secondary N) is 1. The molecule has 1 amide bonds. The first kappa shape index (κ1) is 22.7. The van der Waals surface area contributed by atoms with Gasteiger partial charge in [-0.15, -0.1) is 0 Å². The molecule has 2 rings (SSSR count). The van der Waals surface area contributed by atoms with Crippen LogP contribution < -0.4 is 11.1 Å². The molecule has 0 spiro atoms. The van der Waals surface area contributed by atoms with E-state index in [1.165, 1.54) is 13.8 Å². The second-order valence-electron chi connectivity index (χ2n) is 8.01. The van der Waals surface area contributed by atoms with Crippen molar-refractivity contribution in [2.75, 3.05) is 6.54 Å². The summed E-state index contributed by atoms with van der Waals surface area (Å²) in [5.41, 5.74) is 4.21. The summed E-state index contributed by atoms with van der Waals surface area (Å²) in [4.78, 5) is 12.0. The zero-order valence-electron chi connectivity index (χ0n) is 16.1. The zero-order valence-corrected chi connectivity index (χ0v) is 16.9. The number of carbonyl (C=O) groups is 1. The maximum Gasteiger partial charge on any atom is 0.416 e. The van der Waals surface area contributed by atoms with Crippen molar-refractivity contribution in [2.45, 2.75) is 73.7 Å². The van der Waals surface area contributed by atoms with Crippen LogP contribution in [0.25, 0.3) is 0 Å². The first-order valence-corrected chi connectivity index (χ1v) is 10.8. The third-order valence-corrected chi connectivity index (χ3v) is 7.94. The molecular formula is C19H27F3N2O3S. The summed E-state index contributed by atoms with van der Waals surface area (Å²) >= 11 is 0. The Kier molecular flexibility index (Phi) is 6.50. The Morgan fingerprint density at radius 1 is 1.18 bits per heavy atom. The number of hydrogen-bond acceptors (Lipinski definition) is 4. The summed E-state index contributed by atoms with van der Waals surface area (Å²) in [5, 5.41) is 2.70. The topological polar surface area (TPSA) is 89.3 Å². The zero-order chi connectivity index (χ0) is 21.2. The van der Waals surface area contributed by atoms with Gasteiger partial charge in [0.25, 0.3) is 0 Å². The van der Waals surface area contributed by atoms with Gasteiger partial charge in [0.15, 0.2) is 9.84 Å². The third kappa shape index (κ3) is 4.86. The fourth-order valence-corrected chi connectivity index (χ4v) is 4.90. The summed E-state index contributed by atoms with van der Waals surface area (Å²) in [7, 11) is -4.04. The quantitative estimate of drug-likeness (QED) is 0.738. The van der Waals surface area contributed by atoms with Gasteiger partial charge in [-0.25, -0.2) is 8.42 Å². The lowest BCUT2D eigenvalue weighted by atomic mass is 9.82. The molecule has 1 saturated carbocycles. The van der Waals surface area contributed by atoms with Crippen LogP contribution in [-0.2, 0) is 20.8 Å². The predicted molar refractivity (Wildman–Crippen MR) is 100 cm³/mol. The van der Waals surface area contributed by atoms with E-state index in [2.05, 4.69) is 5.32 Å². The van der Waals surface area contributed by atoms with Gasteiger partial charge in [0.2, 0.25) is 5.91 Å². The molecule has 0 unspecified atom stereocenters. The van der Waals surface area contributed by atoms with Gasteiger partial charge < -0.3 is 11.1 Å². The Bertz CT molecular complexity index is 814. The third-order valence-electron chi connectivity index (χ3n) is 5.41. The van der Waals surface area contributed by atoms with Gasteiger partial charge >= 0.3 is 6.18 Å². The smallest absolute Gasteiger partial charge is 0.354 e. The number of nitrogens with two attached hydrogens (primary N) is 1. The molecule has 0 aliphatic heterocycles. The summed E-state index contributed by atoms with van der Waals surface area (Å²) in [5.74, 6) is -0.306. The van der Waals surface area contributed by atoms with Crippen LogP contribution in [0.2, 0.25) is 0 Å². The second-order valence-corrected chi connectivity index (χ2v) is 10.6. The largest absolute Gasteiger partial charge is 0.416 e. The van der Waals surface area contributed by atoms with E-state index in [-0.39, 0.29) is 23.8 Å². The highest BCUT2D eigenvalue weighted by molar-refractivity contribution is 7.92. The minimum absolute atomic E-state index is 0.0490. The lowest BCUT2D eigenvalue weighted by Crippen LogP contribution is -2.55. The van der Waals surface area contributed by atoms with Crippen molar-refractivity contribution in [1.82, 2.24) is 5.32 Å². The van der Waals surface area contributed by atoms with E-state index in [1.807, 2.05) is 0 Å². The molecule has 0 saturated heterocycles. The monoisotopic (exact) mass is 420 g/mol. The molecular weight excluding hydrogens is 393 g/mol. The van der Waals surface area contributed by atoms with Crippen LogP contribution in [0, 0.1) is 0 Å². The number of sulfone groups is 1. The van der Waals surface area contributed by atoms with E-state index >= 15 is 0 Å². The number of carbonyl (C=O) groups excluding carboxylic acids is 1. The molecule has 1 aromatic rings. The van der Waals surface area contributed by atoms with Crippen molar-refractivity contribution < 1.29 is 26.4 Å². The summed E-state index contributed by atoms with van der Waals surface area (Å²) in [6.45, 7) is 2.95. The highest BCUT2D eigenvalue weighted by atomic mass is 32.2. The van der Waals surface area contributed by atoms with E-state index in [1.54, 1.807) is 0 Å². The van der Waals surface area contributed by atoms with Crippen LogP contribution in [0.5, 0.6) is 0 Å². The first-order valence-electron chi connectivity index (χ1n) is 9.29. The summed E-state index contributed by atoms with van der Waals surface area (Å²) in [6, 6.07) is 3.71. The van der Waals surface area contributed by atoms with E-state index in [4.69, 9.17) is 5.73 Å². The normalized spacial score (nSPS) is 17.9. The average Bonchev–Trinajstić information content (AvgIpc) is 2.61. The van der Waals surface area contributed by atoms with Gasteiger partial charge in [-0.1, -0.05) is 25.3 Å². The number of amides is 1. The lowest BCUT2D eigenvalue weighted by Gasteiger charge is -2.32. The number of rotatable bonds is 6. The number of benzene rings is 1. The first-order chi connectivity index (χ1) is 12.8. The minimum atomic E-state index is -4.63. The van der Waals surface area contributed by atoms with Crippen molar-refractivity contribution in [2.24, 2.45) is 5.73 Å². The number of hydrogen-bond donors (Lipinski definition) is 2. The molecule has 1 fully saturated rings. The molecule has 0 bridgehead atoms. The Morgan fingerprint density at radius 3 is 2.36 bits per heavy atom. The maximum absolute atomic E-state index is 12.9. The summed E-state index contributed by atoms with van der Waals surface area (Å²) < 4.78 is 63.1. The molecule has 0 heterocycles. The fourth-order valence-electron chi connectivity index (χ4n) is 3.36. The fraction of sp³-hybridized carbons (Fsp3) is 0.632. The number of alkyl halides is 3. The van der Waals surface area contributed by atoms with Crippen molar-refractivity contribution in [3.8, 4) is 0 Å². The minimum Gasteiger partial charge on any atom is -0.354 e. The Balaban J connectivity index is 2.08. The Labute approximate surface area is 163 Å². The van der Waals surface area contributed by atoms with Gasteiger partial charge in [0, 0.05) is 6.54 Å². The lowest BCUT2D eigenvalue weighted by molar-refractivity contribution is -0.137. The van der Waals surface area contributed by atoms with Crippen LogP contribution in [0.15, 0.2) is 29.2 Å². The van der Waals surface area contributed by atoms with Gasteiger partial charge in [0.1, 0.15) is 0 Å². The molecule has 1 aromatic carbocycles. The van der Waals surface area contributed by atoms with Crippen molar-refractivity contribution >= 4 is 15.7 Å². The SMILES string of the molecule is CC(C)(CCNC(=O)C1(N)CCCCC1)S(=O)(=O)c1cccc(C(F)(F)F)c1. The standard InChI is InChI=1S/C19H27F3N2O3S/c1-17(2,11-12-24-16(25)18(23)9-4-3-5-10-18)28(26,27)15-8-6-7-14(13-15)19(20,21)22/h6-8,13H,3-5,9-12,23H2,1-2H3,(H,24,25). The molecule has 5 nitrogen and oxygen atoms in total. The van der Waals surface area contributed by atoms with Crippen LogP contribution in [0.3, 0.4) is 0 Å². The van der Waals surface area contributed by atoms with Crippen LogP contribution in [-0.4, -0.2) is 31.2 Å². The van der Waals surface area contributed by atoms with E-state index in [0.717, 1.165) is 37.5 Å².